The zero-order valence-electron chi connectivity index (χ0n) is 15.4. The molecular formula is C19H20F3N3O3S. The van der Waals surface area contributed by atoms with Gasteiger partial charge in [0.15, 0.2) is 0 Å². The normalized spacial score (nSPS) is 15.3. The molecular weight excluding hydrogens is 407 g/mol. The summed E-state index contributed by atoms with van der Waals surface area (Å²) in [6.45, 7) is 1.54. The van der Waals surface area contributed by atoms with E-state index in [2.05, 4.69) is 10.0 Å². The average molecular weight is 427 g/mol. The maximum Gasteiger partial charge on any atom is 0.416 e. The Hall–Kier alpha value is -2.59. The lowest BCUT2D eigenvalue weighted by Gasteiger charge is -2.28. The second kappa shape index (κ2) is 8.42. The van der Waals surface area contributed by atoms with E-state index in [1.165, 1.54) is 12.1 Å². The summed E-state index contributed by atoms with van der Waals surface area (Å²) in [6, 6.07) is 11.4. The first-order valence-corrected chi connectivity index (χ1v) is 10.5. The minimum atomic E-state index is -4.52. The van der Waals surface area contributed by atoms with E-state index in [0.29, 0.717) is 18.7 Å². The van der Waals surface area contributed by atoms with Crippen LogP contribution in [0.1, 0.15) is 16.7 Å². The Kier molecular flexibility index (Phi) is 6.13. The van der Waals surface area contributed by atoms with Crippen molar-refractivity contribution in [2.45, 2.75) is 18.5 Å². The number of halogens is 3. The average Bonchev–Trinajstić information content (AvgIpc) is 2.66. The first kappa shape index (κ1) is 21.1. The molecule has 1 fully saturated rings. The van der Waals surface area contributed by atoms with E-state index in [-0.39, 0.29) is 24.6 Å². The van der Waals surface area contributed by atoms with E-state index < -0.39 is 27.5 Å². The third kappa shape index (κ3) is 5.94. The number of nitrogens with zero attached hydrogens (tertiary/aromatic N) is 1. The van der Waals surface area contributed by atoms with Crippen LogP contribution in [0.3, 0.4) is 0 Å². The minimum absolute atomic E-state index is 0.0159. The van der Waals surface area contributed by atoms with Gasteiger partial charge in [0.1, 0.15) is 0 Å². The smallest absolute Gasteiger partial charge is 0.360 e. The summed E-state index contributed by atoms with van der Waals surface area (Å²) in [6.07, 6.45) is -4.52. The standard InChI is InChI=1S/C19H20F3N3O3S/c20-19(21,22)16-3-1-2-15(10-16)13-29(27,28)24-11-14-4-6-17(7-5-14)25-9-8-23-18(26)12-25/h1-7,10,24H,8-9,11-13H2,(H,23,26). The topological polar surface area (TPSA) is 78.5 Å². The lowest BCUT2D eigenvalue weighted by atomic mass is 10.1. The molecule has 0 saturated carbocycles. The molecule has 0 atom stereocenters. The molecule has 0 aliphatic carbocycles. The molecule has 0 radical (unpaired) electrons. The molecule has 0 unspecified atom stereocenters. The van der Waals surface area contributed by atoms with Crippen molar-refractivity contribution in [3.8, 4) is 0 Å². The van der Waals surface area contributed by atoms with E-state index in [9.17, 15) is 26.4 Å². The monoisotopic (exact) mass is 427 g/mol. The van der Waals surface area contributed by atoms with E-state index in [1.54, 1.807) is 24.3 Å². The summed E-state index contributed by atoms with van der Waals surface area (Å²) >= 11 is 0. The number of alkyl halides is 3. The number of hydrogen-bond donors (Lipinski definition) is 2. The molecule has 1 aliphatic rings. The minimum Gasteiger partial charge on any atom is -0.360 e. The second-order valence-corrected chi connectivity index (χ2v) is 8.52. The van der Waals surface area contributed by atoms with Gasteiger partial charge < -0.3 is 10.2 Å². The number of piperazine rings is 1. The Labute approximate surface area is 166 Å². The predicted octanol–water partition coefficient (Wildman–Crippen LogP) is 2.26. The molecule has 156 valence electrons. The number of benzene rings is 2. The van der Waals surface area contributed by atoms with Gasteiger partial charge in [-0.1, -0.05) is 30.3 Å². The van der Waals surface area contributed by atoms with Crippen LogP contribution >= 0.6 is 0 Å². The summed E-state index contributed by atoms with van der Waals surface area (Å²) in [5, 5.41) is 2.74. The lowest BCUT2D eigenvalue weighted by Crippen LogP contribution is -2.47. The van der Waals surface area contributed by atoms with Crippen molar-refractivity contribution in [3.05, 3.63) is 65.2 Å². The SMILES string of the molecule is O=C1CN(c2ccc(CNS(=O)(=O)Cc3cccc(C(F)(F)F)c3)cc2)CCN1. The molecule has 2 aromatic rings. The number of anilines is 1. The highest BCUT2D eigenvalue weighted by Crippen LogP contribution is 2.29. The number of nitrogens with one attached hydrogen (secondary N) is 2. The number of carbonyl (C=O) groups excluding carboxylic acids is 1. The van der Waals surface area contributed by atoms with Gasteiger partial charge in [-0.05, 0) is 29.3 Å². The van der Waals surface area contributed by atoms with Crippen molar-refractivity contribution >= 4 is 21.6 Å². The molecule has 1 saturated heterocycles. The largest absolute Gasteiger partial charge is 0.416 e. The van der Waals surface area contributed by atoms with Gasteiger partial charge in [-0.2, -0.15) is 13.2 Å². The van der Waals surface area contributed by atoms with Crippen molar-refractivity contribution < 1.29 is 26.4 Å². The Morgan fingerprint density at radius 3 is 2.45 bits per heavy atom. The first-order chi connectivity index (χ1) is 13.6. The van der Waals surface area contributed by atoms with Gasteiger partial charge in [0.2, 0.25) is 15.9 Å². The fourth-order valence-electron chi connectivity index (χ4n) is 2.98. The molecule has 1 heterocycles. The van der Waals surface area contributed by atoms with Crippen LogP contribution in [0.25, 0.3) is 0 Å². The van der Waals surface area contributed by atoms with Crippen molar-refractivity contribution in [2.75, 3.05) is 24.5 Å². The van der Waals surface area contributed by atoms with Gasteiger partial charge >= 0.3 is 6.18 Å². The summed E-state index contributed by atoms with van der Waals surface area (Å²) in [4.78, 5) is 13.4. The predicted molar refractivity (Wildman–Crippen MR) is 103 cm³/mol. The van der Waals surface area contributed by atoms with Crippen LogP contribution in [0.4, 0.5) is 18.9 Å². The summed E-state index contributed by atoms with van der Waals surface area (Å²) in [7, 11) is -3.81. The molecule has 3 rings (SSSR count). The highest BCUT2D eigenvalue weighted by atomic mass is 32.2. The van der Waals surface area contributed by atoms with Gasteiger partial charge in [0.05, 0.1) is 17.9 Å². The highest BCUT2D eigenvalue weighted by molar-refractivity contribution is 7.88. The van der Waals surface area contributed by atoms with Crippen LogP contribution in [0.2, 0.25) is 0 Å². The van der Waals surface area contributed by atoms with Crippen LogP contribution < -0.4 is 14.9 Å². The lowest BCUT2D eigenvalue weighted by molar-refractivity contribution is -0.137. The molecule has 1 amide bonds. The molecule has 0 bridgehead atoms. The van der Waals surface area contributed by atoms with Gasteiger partial charge in [-0.15, -0.1) is 0 Å². The molecule has 0 aromatic heterocycles. The van der Waals surface area contributed by atoms with Crippen LogP contribution in [-0.2, 0) is 33.3 Å². The van der Waals surface area contributed by atoms with E-state index in [1.807, 2.05) is 4.90 Å². The van der Waals surface area contributed by atoms with Crippen LogP contribution in [0, 0.1) is 0 Å². The van der Waals surface area contributed by atoms with Crippen molar-refractivity contribution in [3.63, 3.8) is 0 Å². The van der Waals surface area contributed by atoms with Crippen LogP contribution in [0.15, 0.2) is 48.5 Å². The zero-order chi connectivity index (χ0) is 21.1. The number of amides is 1. The molecule has 29 heavy (non-hydrogen) atoms. The molecule has 10 heteroatoms. The molecule has 2 aromatic carbocycles. The zero-order valence-corrected chi connectivity index (χ0v) is 16.2. The number of carbonyl (C=O) groups is 1. The maximum atomic E-state index is 12.8. The Bertz CT molecular complexity index is 976. The third-order valence-electron chi connectivity index (χ3n) is 4.45. The van der Waals surface area contributed by atoms with Gasteiger partial charge in [-0.25, -0.2) is 13.1 Å². The highest BCUT2D eigenvalue weighted by Gasteiger charge is 2.30. The van der Waals surface area contributed by atoms with Crippen molar-refractivity contribution in [1.29, 1.82) is 0 Å². The Morgan fingerprint density at radius 2 is 1.79 bits per heavy atom. The fourth-order valence-corrected chi connectivity index (χ4v) is 4.09. The van der Waals surface area contributed by atoms with Crippen molar-refractivity contribution in [1.82, 2.24) is 10.0 Å². The second-order valence-electron chi connectivity index (χ2n) is 6.72. The number of hydrogen-bond acceptors (Lipinski definition) is 4. The molecule has 1 aliphatic heterocycles. The van der Waals surface area contributed by atoms with Crippen LogP contribution in [0.5, 0.6) is 0 Å². The first-order valence-electron chi connectivity index (χ1n) is 8.86. The van der Waals surface area contributed by atoms with Crippen LogP contribution in [-0.4, -0.2) is 34.0 Å². The van der Waals surface area contributed by atoms with E-state index in [4.69, 9.17) is 0 Å². The quantitative estimate of drug-likeness (QED) is 0.742. The molecule has 6 nitrogen and oxygen atoms in total. The fraction of sp³-hybridized carbons (Fsp3) is 0.316. The van der Waals surface area contributed by atoms with E-state index in [0.717, 1.165) is 17.8 Å². The van der Waals surface area contributed by atoms with Gasteiger partial charge in [-0.3, -0.25) is 4.79 Å². The number of sulfonamides is 1. The summed E-state index contributed by atoms with van der Waals surface area (Å²) < 4.78 is 65.2. The van der Waals surface area contributed by atoms with Gasteiger partial charge in [0.25, 0.3) is 0 Å². The maximum absolute atomic E-state index is 12.8. The summed E-state index contributed by atoms with van der Waals surface area (Å²) in [5.74, 6) is -0.597. The number of rotatable bonds is 6. The molecule has 2 N–H and O–H groups in total. The van der Waals surface area contributed by atoms with Crippen molar-refractivity contribution in [2.24, 2.45) is 0 Å². The third-order valence-corrected chi connectivity index (χ3v) is 5.74. The van der Waals surface area contributed by atoms with Gasteiger partial charge in [0, 0.05) is 25.3 Å². The van der Waals surface area contributed by atoms with E-state index >= 15 is 0 Å². The molecule has 0 spiro atoms. The Balaban J connectivity index is 1.59. The Morgan fingerprint density at radius 1 is 1.07 bits per heavy atom. The summed E-state index contributed by atoms with van der Waals surface area (Å²) in [5.41, 5.74) is 0.733.